The van der Waals surface area contributed by atoms with Crippen molar-refractivity contribution in [1.82, 2.24) is 5.06 Å². The normalized spacial score (nSPS) is 26.4. The quantitative estimate of drug-likeness (QED) is 0.827. The first-order valence-electron chi connectivity index (χ1n) is 8.39. The van der Waals surface area contributed by atoms with Gasteiger partial charge < -0.3 is 19.4 Å². The summed E-state index contributed by atoms with van der Waals surface area (Å²) in [5.41, 5.74) is -0.397. The van der Waals surface area contributed by atoms with Gasteiger partial charge in [0.2, 0.25) is 0 Å². The molecule has 1 fully saturated rings. The Balaban J connectivity index is 2.15. The molecule has 7 nitrogen and oxygen atoms in total. The van der Waals surface area contributed by atoms with Crippen molar-refractivity contribution in [3.63, 3.8) is 0 Å². The van der Waals surface area contributed by atoms with Gasteiger partial charge in [0.25, 0.3) is 5.91 Å². The van der Waals surface area contributed by atoms with E-state index in [9.17, 15) is 9.59 Å². The predicted octanol–water partition coefficient (Wildman–Crippen LogP) is 2.53. The number of hydrogen-bond acceptors (Lipinski definition) is 5. The van der Waals surface area contributed by atoms with Gasteiger partial charge in [-0.25, -0.2) is 0 Å². The number of amides is 1. The monoisotopic (exact) mass is 341 g/mol. The van der Waals surface area contributed by atoms with Gasteiger partial charge in [-0.1, -0.05) is 27.7 Å². The first kappa shape index (κ1) is 18.6. The van der Waals surface area contributed by atoms with E-state index >= 15 is 0 Å². The third-order valence-electron chi connectivity index (χ3n) is 4.21. The van der Waals surface area contributed by atoms with E-state index in [0.717, 1.165) is 24.3 Å². The number of aliphatic carboxylic acids is 1. The minimum atomic E-state index is -0.972. The highest BCUT2D eigenvalue weighted by atomic mass is 16.7. The predicted molar refractivity (Wildman–Crippen MR) is 85.3 cm³/mol. The van der Waals surface area contributed by atoms with Crippen LogP contribution in [0.2, 0.25) is 0 Å². The minimum Gasteiger partial charge on any atom is -0.481 e. The zero-order chi connectivity index (χ0) is 17.9. The van der Waals surface area contributed by atoms with Crippen molar-refractivity contribution in [2.75, 3.05) is 13.2 Å². The highest BCUT2D eigenvalue weighted by Gasteiger charge is 2.44. The van der Waals surface area contributed by atoms with Gasteiger partial charge in [0.15, 0.2) is 18.3 Å². The second kappa shape index (κ2) is 7.42. The molecule has 136 valence electrons. The highest BCUT2D eigenvalue weighted by molar-refractivity contribution is 5.82. The van der Waals surface area contributed by atoms with Crippen LogP contribution in [-0.4, -0.2) is 41.5 Å². The lowest BCUT2D eigenvalue weighted by Crippen LogP contribution is -2.47. The number of hydrogen-bond donors (Lipinski definition) is 1. The number of carboxylic acids is 1. The number of carbonyl (C=O) groups is 2. The molecule has 0 radical (unpaired) electrons. The van der Waals surface area contributed by atoms with E-state index in [2.05, 4.69) is 0 Å². The van der Waals surface area contributed by atoms with Crippen molar-refractivity contribution in [3.05, 3.63) is 12.0 Å². The van der Waals surface area contributed by atoms with E-state index in [4.69, 9.17) is 19.4 Å². The van der Waals surface area contributed by atoms with Crippen LogP contribution >= 0.6 is 0 Å². The molecule has 0 spiro atoms. The molecule has 1 N–H and O–H groups in total. The molecule has 3 atom stereocenters. The summed E-state index contributed by atoms with van der Waals surface area (Å²) in [6, 6.07) is 0. The Bertz CT molecular complexity index is 504. The van der Waals surface area contributed by atoms with E-state index in [1.54, 1.807) is 0 Å². The first-order chi connectivity index (χ1) is 11.2. The zero-order valence-corrected chi connectivity index (χ0v) is 14.8. The number of carboxylic acid groups (broad SMARTS) is 1. The average molecular weight is 341 g/mol. The van der Waals surface area contributed by atoms with E-state index in [0.29, 0.717) is 12.4 Å². The van der Waals surface area contributed by atoms with E-state index in [-0.39, 0.29) is 18.7 Å². The summed E-state index contributed by atoms with van der Waals surface area (Å²) in [5, 5.41) is 10.2. The van der Waals surface area contributed by atoms with Crippen molar-refractivity contribution in [3.8, 4) is 0 Å². The van der Waals surface area contributed by atoms with Crippen LogP contribution in [0.4, 0.5) is 0 Å². The van der Waals surface area contributed by atoms with Crippen molar-refractivity contribution < 1.29 is 29.0 Å². The fraction of sp³-hybridized carbons (Fsp3) is 0.765. The lowest BCUT2D eigenvalue weighted by molar-refractivity contribution is -0.199. The van der Waals surface area contributed by atoms with Gasteiger partial charge >= 0.3 is 5.97 Å². The molecule has 2 heterocycles. The molecular formula is C17H27NO6. The van der Waals surface area contributed by atoms with Crippen molar-refractivity contribution in [2.45, 2.75) is 53.2 Å². The van der Waals surface area contributed by atoms with Gasteiger partial charge in [-0.2, -0.15) is 5.06 Å². The van der Waals surface area contributed by atoms with Crippen LogP contribution in [0.25, 0.3) is 0 Å². The Kier molecular flexibility index (Phi) is 5.74. The molecule has 0 aromatic carbocycles. The Labute approximate surface area is 142 Å². The van der Waals surface area contributed by atoms with Gasteiger partial charge in [-0.15, -0.1) is 0 Å². The van der Waals surface area contributed by atoms with Crippen molar-refractivity contribution in [1.29, 1.82) is 0 Å². The van der Waals surface area contributed by atoms with Crippen LogP contribution in [0.5, 0.6) is 0 Å². The van der Waals surface area contributed by atoms with Crippen LogP contribution in [0.15, 0.2) is 12.0 Å². The fourth-order valence-corrected chi connectivity index (χ4v) is 2.81. The van der Waals surface area contributed by atoms with E-state index in [1.807, 2.05) is 20.8 Å². The van der Waals surface area contributed by atoms with E-state index in [1.165, 1.54) is 13.2 Å². The number of hydroxylamine groups is 2. The summed E-state index contributed by atoms with van der Waals surface area (Å²) < 4.78 is 11.5. The molecule has 2 aliphatic heterocycles. The summed E-state index contributed by atoms with van der Waals surface area (Å²) in [5.74, 6) is -2.08. The van der Waals surface area contributed by atoms with Crippen LogP contribution in [0.3, 0.4) is 0 Å². The van der Waals surface area contributed by atoms with Crippen molar-refractivity contribution >= 4 is 11.9 Å². The number of carbonyl (C=O) groups excluding carboxylic acids is 1. The summed E-state index contributed by atoms with van der Waals surface area (Å²) in [6.07, 6.45) is 3.86. The SMILES string of the molecule is CC(CN1OC=C(OC2CCCCO2)C(C(C)(C)C)C1=O)C(=O)O. The lowest BCUT2D eigenvalue weighted by atomic mass is 9.78. The molecule has 2 aliphatic rings. The Morgan fingerprint density at radius 1 is 1.46 bits per heavy atom. The second-order valence-electron chi connectivity index (χ2n) is 7.48. The Hall–Kier alpha value is -1.76. The van der Waals surface area contributed by atoms with Crippen LogP contribution < -0.4 is 0 Å². The highest BCUT2D eigenvalue weighted by Crippen LogP contribution is 2.38. The molecular weight excluding hydrogens is 314 g/mol. The third kappa shape index (κ3) is 4.41. The summed E-state index contributed by atoms with van der Waals surface area (Å²) in [6.45, 7) is 8.01. The van der Waals surface area contributed by atoms with Gasteiger partial charge in [0, 0.05) is 6.42 Å². The fourth-order valence-electron chi connectivity index (χ4n) is 2.81. The Morgan fingerprint density at radius 3 is 2.71 bits per heavy atom. The van der Waals surface area contributed by atoms with Gasteiger partial charge in [-0.3, -0.25) is 9.59 Å². The average Bonchev–Trinajstić information content (AvgIpc) is 2.49. The van der Waals surface area contributed by atoms with Crippen molar-refractivity contribution in [2.24, 2.45) is 17.3 Å². The number of ether oxygens (including phenoxy) is 2. The second-order valence-corrected chi connectivity index (χ2v) is 7.48. The minimum absolute atomic E-state index is 0.00947. The molecule has 1 amide bonds. The molecule has 7 heteroatoms. The number of rotatable bonds is 5. The molecule has 3 unspecified atom stereocenters. The smallest absolute Gasteiger partial charge is 0.308 e. The van der Waals surface area contributed by atoms with E-state index < -0.39 is 23.2 Å². The standard InChI is InChI=1S/C17H27NO6/c1-11(16(20)21)9-18-15(19)14(17(2,3)4)12(10-23-18)24-13-7-5-6-8-22-13/h10-11,13-14H,5-9H2,1-4H3,(H,20,21). The Morgan fingerprint density at radius 2 is 2.17 bits per heavy atom. The van der Waals surface area contributed by atoms with Crippen LogP contribution in [-0.2, 0) is 23.9 Å². The first-order valence-corrected chi connectivity index (χ1v) is 8.39. The largest absolute Gasteiger partial charge is 0.481 e. The maximum atomic E-state index is 12.8. The topological polar surface area (TPSA) is 85.3 Å². The molecule has 0 aromatic heterocycles. The molecule has 0 bridgehead atoms. The third-order valence-corrected chi connectivity index (χ3v) is 4.21. The molecule has 0 saturated carbocycles. The lowest BCUT2D eigenvalue weighted by Gasteiger charge is -2.39. The van der Waals surface area contributed by atoms with Gasteiger partial charge in [-0.05, 0) is 18.3 Å². The summed E-state index contributed by atoms with van der Waals surface area (Å²) >= 11 is 0. The van der Waals surface area contributed by atoms with Crippen LogP contribution in [0, 0.1) is 17.3 Å². The summed E-state index contributed by atoms with van der Waals surface area (Å²) in [7, 11) is 0. The molecule has 24 heavy (non-hydrogen) atoms. The molecule has 2 rings (SSSR count). The number of nitrogens with zero attached hydrogens (tertiary/aromatic N) is 1. The van der Waals surface area contributed by atoms with Gasteiger partial charge in [0.1, 0.15) is 5.92 Å². The summed E-state index contributed by atoms with van der Waals surface area (Å²) in [4.78, 5) is 29.2. The maximum Gasteiger partial charge on any atom is 0.308 e. The maximum absolute atomic E-state index is 12.8. The molecule has 0 aliphatic carbocycles. The van der Waals surface area contributed by atoms with Crippen LogP contribution in [0.1, 0.15) is 47.0 Å². The zero-order valence-electron chi connectivity index (χ0n) is 14.8. The molecule has 1 saturated heterocycles. The van der Waals surface area contributed by atoms with Gasteiger partial charge in [0.05, 0.1) is 19.1 Å². The molecule has 0 aromatic rings.